The number of aliphatic hydroxyl groups excluding tert-OH is 1. The molecule has 2 fully saturated rings. The fraction of sp³-hybridized carbons (Fsp3) is 0.909. The average molecular weight is 182 g/mol. The van der Waals surface area contributed by atoms with Crippen LogP contribution in [-0.2, 0) is 4.79 Å². The highest BCUT2D eigenvalue weighted by Crippen LogP contribution is 2.42. The molecule has 2 saturated carbocycles. The minimum absolute atomic E-state index is 0.137. The number of fused-ring (bicyclic) bond motifs is 1. The molecule has 0 bridgehead atoms. The van der Waals surface area contributed by atoms with Crippen LogP contribution in [0.25, 0.3) is 0 Å². The van der Waals surface area contributed by atoms with Crippen molar-refractivity contribution in [2.24, 2.45) is 17.8 Å². The van der Waals surface area contributed by atoms with Gasteiger partial charge in [0, 0.05) is 12.8 Å². The number of aliphatic hydroxyl groups is 1. The first-order valence-corrected chi connectivity index (χ1v) is 5.38. The minimum Gasteiger partial charge on any atom is -0.393 e. The van der Waals surface area contributed by atoms with E-state index in [4.69, 9.17) is 0 Å². The zero-order valence-corrected chi connectivity index (χ0v) is 8.20. The van der Waals surface area contributed by atoms with Gasteiger partial charge in [-0.05, 0) is 30.6 Å². The van der Waals surface area contributed by atoms with Crippen LogP contribution < -0.4 is 0 Å². The second kappa shape index (κ2) is 3.41. The van der Waals surface area contributed by atoms with Crippen LogP contribution >= 0.6 is 0 Å². The van der Waals surface area contributed by atoms with Crippen molar-refractivity contribution in [1.29, 1.82) is 0 Å². The summed E-state index contributed by atoms with van der Waals surface area (Å²) in [7, 11) is 0. The van der Waals surface area contributed by atoms with Crippen molar-refractivity contribution in [3.05, 3.63) is 0 Å². The van der Waals surface area contributed by atoms with E-state index >= 15 is 0 Å². The molecule has 2 nitrogen and oxygen atoms in total. The summed E-state index contributed by atoms with van der Waals surface area (Å²) in [6.45, 7) is 2.11. The van der Waals surface area contributed by atoms with E-state index in [2.05, 4.69) is 6.92 Å². The zero-order chi connectivity index (χ0) is 9.42. The van der Waals surface area contributed by atoms with Crippen LogP contribution in [0.4, 0.5) is 0 Å². The monoisotopic (exact) mass is 182 g/mol. The highest BCUT2D eigenvalue weighted by molar-refractivity contribution is 5.79. The molecular formula is C11H18O2. The lowest BCUT2D eigenvalue weighted by Crippen LogP contribution is -2.41. The zero-order valence-electron chi connectivity index (χ0n) is 8.20. The molecule has 0 amide bonds. The lowest BCUT2D eigenvalue weighted by Gasteiger charge is -2.42. The van der Waals surface area contributed by atoms with E-state index < -0.39 is 0 Å². The van der Waals surface area contributed by atoms with E-state index in [1.165, 1.54) is 0 Å². The van der Waals surface area contributed by atoms with Crippen LogP contribution in [0.2, 0.25) is 0 Å². The molecule has 4 unspecified atom stereocenters. The first-order valence-electron chi connectivity index (χ1n) is 5.38. The van der Waals surface area contributed by atoms with Gasteiger partial charge in [-0.25, -0.2) is 0 Å². The molecule has 2 aliphatic rings. The van der Waals surface area contributed by atoms with E-state index in [-0.39, 0.29) is 6.10 Å². The minimum atomic E-state index is -0.137. The Balaban J connectivity index is 2.12. The van der Waals surface area contributed by atoms with Gasteiger partial charge in [0.05, 0.1) is 6.10 Å². The molecule has 2 rings (SSSR count). The predicted molar refractivity (Wildman–Crippen MR) is 50.2 cm³/mol. The topological polar surface area (TPSA) is 37.3 Å². The Labute approximate surface area is 79.3 Å². The molecule has 0 saturated heterocycles. The van der Waals surface area contributed by atoms with Gasteiger partial charge in [-0.2, -0.15) is 0 Å². The van der Waals surface area contributed by atoms with E-state index in [1.54, 1.807) is 0 Å². The van der Waals surface area contributed by atoms with Crippen molar-refractivity contribution >= 4 is 5.78 Å². The van der Waals surface area contributed by atoms with Gasteiger partial charge in [0.25, 0.3) is 0 Å². The van der Waals surface area contributed by atoms with Gasteiger partial charge in [0.1, 0.15) is 5.78 Å². The fourth-order valence-electron chi connectivity index (χ4n) is 3.24. The number of hydrogen-bond acceptors (Lipinski definition) is 2. The summed E-state index contributed by atoms with van der Waals surface area (Å²) in [6.07, 6.45) is 4.48. The van der Waals surface area contributed by atoms with Crippen LogP contribution in [0.15, 0.2) is 0 Å². The first kappa shape index (κ1) is 9.20. The molecular weight excluding hydrogens is 164 g/mol. The lowest BCUT2D eigenvalue weighted by atomic mass is 9.64. The van der Waals surface area contributed by atoms with Crippen LogP contribution in [-0.4, -0.2) is 17.0 Å². The van der Waals surface area contributed by atoms with Crippen LogP contribution in [0.5, 0.6) is 0 Å². The maximum Gasteiger partial charge on any atom is 0.133 e. The van der Waals surface area contributed by atoms with Crippen LogP contribution in [0.3, 0.4) is 0 Å². The normalized spacial score (nSPS) is 45.8. The van der Waals surface area contributed by atoms with Crippen molar-refractivity contribution in [3.63, 3.8) is 0 Å². The Kier molecular flexibility index (Phi) is 2.41. The van der Waals surface area contributed by atoms with E-state index in [0.717, 1.165) is 25.7 Å². The summed E-state index contributed by atoms with van der Waals surface area (Å²) in [6, 6.07) is 0. The van der Waals surface area contributed by atoms with Gasteiger partial charge < -0.3 is 5.11 Å². The third kappa shape index (κ3) is 1.64. The second-order valence-electron chi connectivity index (χ2n) is 4.76. The number of rotatable bonds is 0. The number of hydrogen-bond donors (Lipinski definition) is 1. The Bertz CT molecular complexity index is 212. The molecule has 74 valence electrons. The molecule has 0 aromatic carbocycles. The highest BCUT2D eigenvalue weighted by Gasteiger charge is 2.40. The Morgan fingerprint density at radius 3 is 2.85 bits per heavy atom. The number of ketones is 1. The Morgan fingerprint density at radius 1 is 1.31 bits per heavy atom. The molecule has 13 heavy (non-hydrogen) atoms. The second-order valence-corrected chi connectivity index (χ2v) is 4.76. The van der Waals surface area contributed by atoms with Gasteiger partial charge in [-0.1, -0.05) is 13.3 Å². The Hall–Kier alpha value is -0.370. The molecule has 2 aliphatic carbocycles. The summed E-state index contributed by atoms with van der Waals surface area (Å²) >= 11 is 0. The molecule has 0 heterocycles. The Morgan fingerprint density at radius 2 is 2.08 bits per heavy atom. The third-order valence-electron chi connectivity index (χ3n) is 3.76. The van der Waals surface area contributed by atoms with Crippen molar-refractivity contribution in [1.82, 2.24) is 0 Å². The molecule has 2 heteroatoms. The van der Waals surface area contributed by atoms with Crippen LogP contribution in [0, 0.1) is 17.8 Å². The largest absolute Gasteiger partial charge is 0.393 e. The van der Waals surface area contributed by atoms with Crippen molar-refractivity contribution in [2.75, 3.05) is 0 Å². The third-order valence-corrected chi connectivity index (χ3v) is 3.76. The molecule has 0 spiro atoms. The number of Topliss-reactive ketones (excluding diaryl/α,β-unsaturated/α-hetero) is 1. The van der Waals surface area contributed by atoms with Crippen molar-refractivity contribution in [3.8, 4) is 0 Å². The number of carbonyl (C=O) groups is 1. The molecule has 0 aliphatic heterocycles. The SMILES string of the molecule is CC1CC(=O)CC2CCCC(O)C12. The van der Waals surface area contributed by atoms with Gasteiger partial charge in [0.15, 0.2) is 0 Å². The first-order chi connectivity index (χ1) is 6.18. The maximum absolute atomic E-state index is 11.4. The fourth-order valence-corrected chi connectivity index (χ4v) is 3.24. The summed E-state index contributed by atoms with van der Waals surface area (Å²) < 4.78 is 0. The van der Waals surface area contributed by atoms with Crippen LogP contribution in [0.1, 0.15) is 39.0 Å². The summed E-state index contributed by atoms with van der Waals surface area (Å²) in [4.78, 5) is 11.4. The summed E-state index contributed by atoms with van der Waals surface area (Å²) in [5.74, 6) is 1.70. The van der Waals surface area contributed by atoms with Gasteiger partial charge in [0.2, 0.25) is 0 Å². The lowest BCUT2D eigenvalue weighted by molar-refractivity contribution is -0.128. The van der Waals surface area contributed by atoms with Crippen molar-refractivity contribution in [2.45, 2.75) is 45.1 Å². The van der Waals surface area contributed by atoms with Crippen molar-refractivity contribution < 1.29 is 9.90 Å². The molecule has 4 atom stereocenters. The molecule has 0 radical (unpaired) electrons. The smallest absolute Gasteiger partial charge is 0.133 e. The molecule has 0 aromatic rings. The van der Waals surface area contributed by atoms with E-state index in [1.807, 2.05) is 0 Å². The van der Waals surface area contributed by atoms with E-state index in [0.29, 0.717) is 30.0 Å². The van der Waals surface area contributed by atoms with Gasteiger partial charge >= 0.3 is 0 Å². The maximum atomic E-state index is 11.4. The standard InChI is InChI=1S/C11H18O2/c1-7-5-9(12)6-8-3-2-4-10(13)11(7)8/h7-8,10-11,13H,2-6H2,1H3. The average Bonchev–Trinajstić information content (AvgIpc) is 2.02. The predicted octanol–water partition coefficient (Wildman–Crippen LogP) is 1.76. The van der Waals surface area contributed by atoms with E-state index in [9.17, 15) is 9.90 Å². The summed E-state index contributed by atoms with van der Waals surface area (Å²) in [5.41, 5.74) is 0. The van der Waals surface area contributed by atoms with Gasteiger partial charge in [-0.3, -0.25) is 4.79 Å². The number of carbonyl (C=O) groups excluding carboxylic acids is 1. The molecule has 0 aromatic heterocycles. The molecule has 1 N–H and O–H groups in total. The summed E-state index contributed by atoms with van der Waals surface area (Å²) in [5, 5.41) is 9.85. The van der Waals surface area contributed by atoms with Gasteiger partial charge in [-0.15, -0.1) is 0 Å². The highest BCUT2D eigenvalue weighted by atomic mass is 16.3. The quantitative estimate of drug-likeness (QED) is 0.620.